The van der Waals surface area contributed by atoms with Crippen LogP contribution in [0.2, 0.25) is 5.02 Å². The molecular formula is C20H14ClFN2OS. The van der Waals surface area contributed by atoms with Crippen LogP contribution < -0.4 is 5.56 Å². The first kappa shape index (κ1) is 16.9. The Balaban J connectivity index is 1.88. The highest BCUT2D eigenvalue weighted by Crippen LogP contribution is 2.35. The van der Waals surface area contributed by atoms with Crippen molar-refractivity contribution in [1.29, 1.82) is 0 Å². The maximum Gasteiger partial charge on any atom is 0.263 e. The van der Waals surface area contributed by atoms with Gasteiger partial charge in [-0.25, -0.2) is 9.37 Å². The minimum absolute atomic E-state index is 0.112. The molecule has 0 fully saturated rings. The normalized spacial score (nSPS) is 11.2. The largest absolute Gasteiger partial charge is 0.294 e. The molecule has 3 nitrogen and oxygen atoms in total. The van der Waals surface area contributed by atoms with Gasteiger partial charge < -0.3 is 0 Å². The summed E-state index contributed by atoms with van der Waals surface area (Å²) >= 11 is 7.51. The molecule has 2 aromatic heterocycles. The van der Waals surface area contributed by atoms with Crippen LogP contribution in [-0.4, -0.2) is 9.55 Å². The van der Waals surface area contributed by atoms with E-state index in [0.717, 1.165) is 21.6 Å². The number of fused-ring (bicyclic) bond motifs is 1. The van der Waals surface area contributed by atoms with Gasteiger partial charge in [-0.05, 0) is 42.3 Å². The molecule has 0 unspecified atom stereocenters. The maximum absolute atomic E-state index is 13.3. The number of benzene rings is 2. The summed E-state index contributed by atoms with van der Waals surface area (Å²) in [4.78, 5) is 19.2. The Labute approximate surface area is 158 Å². The lowest BCUT2D eigenvalue weighted by Gasteiger charge is -2.07. The van der Waals surface area contributed by atoms with Crippen molar-refractivity contribution in [3.8, 4) is 11.1 Å². The van der Waals surface area contributed by atoms with Crippen molar-refractivity contribution >= 4 is 33.2 Å². The van der Waals surface area contributed by atoms with Gasteiger partial charge >= 0.3 is 0 Å². The summed E-state index contributed by atoms with van der Waals surface area (Å²) < 4.78 is 14.9. The number of aromatic nitrogens is 2. The highest BCUT2D eigenvalue weighted by atomic mass is 35.5. The van der Waals surface area contributed by atoms with Gasteiger partial charge in [-0.15, -0.1) is 11.3 Å². The molecule has 6 heteroatoms. The van der Waals surface area contributed by atoms with E-state index in [2.05, 4.69) is 4.98 Å². The van der Waals surface area contributed by atoms with Crippen LogP contribution >= 0.6 is 22.9 Å². The molecule has 4 aromatic rings. The third kappa shape index (κ3) is 3.04. The summed E-state index contributed by atoms with van der Waals surface area (Å²) in [6.07, 6.45) is 1.57. The van der Waals surface area contributed by atoms with E-state index in [1.807, 2.05) is 25.1 Å². The predicted octanol–water partition coefficient (Wildman–Crippen LogP) is 5.27. The fourth-order valence-electron chi connectivity index (χ4n) is 3.05. The topological polar surface area (TPSA) is 34.9 Å². The van der Waals surface area contributed by atoms with Crippen molar-refractivity contribution in [1.82, 2.24) is 9.55 Å². The van der Waals surface area contributed by atoms with Gasteiger partial charge in [0.25, 0.3) is 5.56 Å². The molecule has 0 bridgehead atoms. The van der Waals surface area contributed by atoms with Crippen molar-refractivity contribution in [2.45, 2.75) is 13.5 Å². The summed E-state index contributed by atoms with van der Waals surface area (Å²) in [7, 11) is 0. The molecule has 0 N–H and O–H groups in total. The van der Waals surface area contributed by atoms with Crippen LogP contribution in [0.25, 0.3) is 21.3 Å². The molecule has 0 saturated heterocycles. The minimum Gasteiger partial charge on any atom is -0.294 e. The first-order valence-electron chi connectivity index (χ1n) is 8.02. The fraction of sp³-hybridized carbons (Fsp3) is 0.100. The zero-order valence-electron chi connectivity index (χ0n) is 13.9. The fourth-order valence-corrected chi connectivity index (χ4v) is 4.26. The first-order valence-corrected chi connectivity index (χ1v) is 9.21. The number of hydrogen-bond acceptors (Lipinski definition) is 3. The van der Waals surface area contributed by atoms with Crippen LogP contribution in [0.15, 0.2) is 59.7 Å². The molecule has 0 radical (unpaired) electrons. The summed E-state index contributed by atoms with van der Waals surface area (Å²) in [5, 5.41) is 1.20. The number of rotatable bonds is 3. The Kier molecular flexibility index (Phi) is 4.34. The molecule has 26 heavy (non-hydrogen) atoms. The van der Waals surface area contributed by atoms with Crippen LogP contribution in [0, 0.1) is 12.7 Å². The van der Waals surface area contributed by atoms with E-state index in [9.17, 15) is 9.18 Å². The third-order valence-electron chi connectivity index (χ3n) is 4.23. The monoisotopic (exact) mass is 384 g/mol. The Bertz CT molecular complexity index is 1160. The second-order valence-corrected chi connectivity index (χ2v) is 7.67. The lowest BCUT2D eigenvalue weighted by Crippen LogP contribution is -2.21. The van der Waals surface area contributed by atoms with Gasteiger partial charge in [0.05, 0.1) is 18.3 Å². The van der Waals surface area contributed by atoms with Crippen LogP contribution in [0.5, 0.6) is 0 Å². The zero-order chi connectivity index (χ0) is 18.3. The van der Waals surface area contributed by atoms with Crippen molar-refractivity contribution in [3.63, 3.8) is 0 Å². The van der Waals surface area contributed by atoms with E-state index in [4.69, 9.17) is 11.6 Å². The molecule has 130 valence electrons. The van der Waals surface area contributed by atoms with E-state index < -0.39 is 0 Å². The molecule has 0 aliphatic carbocycles. The van der Waals surface area contributed by atoms with Gasteiger partial charge in [-0.2, -0.15) is 0 Å². The molecule has 0 aliphatic rings. The van der Waals surface area contributed by atoms with Gasteiger partial charge in [0.1, 0.15) is 10.6 Å². The van der Waals surface area contributed by atoms with Gasteiger partial charge in [0.15, 0.2) is 0 Å². The van der Waals surface area contributed by atoms with Gasteiger partial charge in [0.2, 0.25) is 0 Å². The van der Waals surface area contributed by atoms with Crippen molar-refractivity contribution in [2.24, 2.45) is 0 Å². The van der Waals surface area contributed by atoms with Crippen molar-refractivity contribution < 1.29 is 4.39 Å². The highest BCUT2D eigenvalue weighted by Gasteiger charge is 2.17. The van der Waals surface area contributed by atoms with Crippen LogP contribution in [0.3, 0.4) is 0 Å². The molecule has 0 atom stereocenters. The molecule has 0 saturated carbocycles. The summed E-state index contributed by atoms with van der Waals surface area (Å²) in [6.45, 7) is 2.34. The summed E-state index contributed by atoms with van der Waals surface area (Å²) in [6, 6.07) is 13.6. The quantitative estimate of drug-likeness (QED) is 0.482. The van der Waals surface area contributed by atoms with E-state index in [0.29, 0.717) is 21.8 Å². The molecule has 4 rings (SSSR count). The second kappa shape index (κ2) is 6.67. The van der Waals surface area contributed by atoms with E-state index in [-0.39, 0.29) is 11.4 Å². The molecule has 0 amide bonds. The lowest BCUT2D eigenvalue weighted by atomic mass is 10.0. The molecule has 2 heterocycles. The van der Waals surface area contributed by atoms with Gasteiger partial charge in [-0.1, -0.05) is 35.9 Å². The Morgan fingerprint density at radius 2 is 1.96 bits per heavy atom. The number of nitrogens with zero attached hydrogens (tertiary/aromatic N) is 2. The lowest BCUT2D eigenvalue weighted by molar-refractivity contribution is 0.628. The Hall–Kier alpha value is -2.50. The highest BCUT2D eigenvalue weighted by molar-refractivity contribution is 7.19. The molecular weight excluding hydrogens is 371 g/mol. The number of hydrogen-bond donors (Lipinski definition) is 0. The summed E-state index contributed by atoms with van der Waals surface area (Å²) in [5.74, 6) is -0.303. The van der Waals surface area contributed by atoms with E-state index in [1.165, 1.54) is 23.5 Å². The van der Waals surface area contributed by atoms with Crippen LogP contribution in [-0.2, 0) is 6.54 Å². The second-order valence-electron chi connectivity index (χ2n) is 6.03. The van der Waals surface area contributed by atoms with Crippen molar-refractivity contribution in [3.05, 3.63) is 86.5 Å². The number of halogens is 2. The van der Waals surface area contributed by atoms with Gasteiger partial charge in [0, 0.05) is 15.5 Å². The minimum atomic E-state index is -0.303. The third-order valence-corrected chi connectivity index (χ3v) is 5.48. The average Bonchev–Trinajstić information content (AvgIpc) is 2.95. The molecule has 0 aliphatic heterocycles. The van der Waals surface area contributed by atoms with E-state index in [1.54, 1.807) is 29.1 Å². The van der Waals surface area contributed by atoms with Gasteiger partial charge in [-0.3, -0.25) is 9.36 Å². The molecule has 0 spiro atoms. The number of aryl methyl sites for hydroxylation is 1. The van der Waals surface area contributed by atoms with Crippen LogP contribution in [0.1, 0.15) is 10.4 Å². The first-order chi connectivity index (χ1) is 12.5. The Morgan fingerprint density at radius 3 is 2.69 bits per heavy atom. The summed E-state index contributed by atoms with van der Waals surface area (Å²) in [5.41, 5.74) is 2.45. The van der Waals surface area contributed by atoms with Crippen LogP contribution in [0.4, 0.5) is 4.39 Å². The Morgan fingerprint density at radius 1 is 1.19 bits per heavy atom. The predicted molar refractivity (Wildman–Crippen MR) is 105 cm³/mol. The average molecular weight is 385 g/mol. The zero-order valence-corrected chi connectivity index (χ0v) is 15.4. The number of thiophene rings is 1. The van der Waals surface area contributed by atoms with E-state index >= 15 is 0 Å². The standard InChI is InChI=1S/C20H14ClFN2OS/c1-12-17(14-5-7-16(22)8-6-14)18-19(26-12)23-11-24(20(18)25)10-13-3-2-4-15(21)9-13/h2-9,11H,10H2,1H3. The van der Waals surface area contributed by atoms with Crippen molar-refractivity contribution in [2.75, 3.05) is 0 Å². The maximum atomic E-state index is 13.3. The molecule has 2 aromatic carbocycles. The SMILES string of the molecule is Cc1sc2ncn(Cc3cccc(Cl)c3)c(=O)c2c1-c1ccc(F)cc1. The smallest absolute Gasteiger partial charge is 0.263 e.